The van der Waals surface area contributed by atoms with Crippen molar-refractivity contribution < 1.29 is 4.74 Å². The number of allylic oxidation sites excluding steroid dienone is 1. The number of methoxy groups -OCH3 is 1. The minimum atomic E-state index is -0.344. The number of nitrogens with zero attached hydrogens (tertiary/aromatic N) is 2. The Labute approximate surface area is 174 Å². The minimum absolute atomic E-state index is 0.176. The molecule has 0 amide bonds. The Morgan fingerprint density at radius 2 is 2.07 bits per heavy atom. The molecular weight excluding hydrogens is 378 g/mol. The van der Waals surface area contributed by atoms with E-state index in [9.17, 15) is 4.79 Å². The standard InChI is InChI=1S/C23H23N5O2/c1-30-20-15-28(19-11-5-7-16-8-6-14-25-21(16)19)27-22(23(20)29)18(12-13-24)26-17-9-3-2-4-10-17/h2-5,7,9-13,15,24-26H,6,8,14H2,1H3/b18-12-,24-13?. The fourth-order valence-corrected chi connectivity index (χ4v) is 3.54. The van der Waals surface area contributed by atoms with Crippen molar-refractivity contribution in [2.24, 2.45) is 0 Å². The monoisotopic (exact) mass is 401 g/mol. The fourth-order valence-electron chi connectivity index (χ4n) is 3.54. The van der Waals surface area contributed by atoms with Crippen LogP contribution in [0.4, 0.5) is 11.4 Å². The third kappa shape index (κ3) is 3.82. The zero-order valence-corrected chi connectivity index (χ0v) is 16.7. The van der Waals surface area contributed by atoms with Gasteiger partial charge in [-0.05, 0) is 42.7 Å². The van der Waals surface area contributed by atoms with Gasteiger partial charge in [0.05, 0.1) is 30.4 Å². The molecule has 1 aliphatic rings. The smallest absolute Gasteiger partial charge is 0.251 e. The number of aryl methyl sites for hydroxylation is 1. The number of ether oxygens (including phenoxy) is 1. The van der Waals surface area contributed by atoms with Crippen LogP contribution in [0.1, 0.15) is 17.7 Å². The number of hydrogen-bond acceptors (Lipinski definition) is 6. The highest BCUT2D eigenvalue weighted by Gasteiger charge is 2.19. The molecule has 0 unspecified atom stereocenters. The molecule has 152 valence electrons. The van der Waals surface area contributed by atoms with E-state index in [4.69, 9.17) is 10.1 Å². The first kappa shape index (κ1) is 19.4. The summed E-state index contributed by atoms with van der Waals surface area (Å²) in [6.45, 7) is 0.892. The van der Waals surface area contributed by atoms with E-state index < -0.39 is 0 Å². The number of fused-ring (bicyclic) bond motifs is 1. The van der Waals surface area contributed by atoms with Gasteiger partial charge in [0.15, 0.2) is 11.4 Å². The third-order valence-electron chi connectivity index (χ3n) is 4.96. The van der Waals surface area contributed by atoms with Gasteiger partial charge in [0, 0.05) is 18.4 Å². The molecule has 0 saturated heterocycles. The summed E-state index contributed by atoms with van der Waals surface area (Å²) in [5.41, 5.74) is 4.13. The molecule has 0 fully saturated rings. The molecule has 0 bridgehead atoms. The van der Waals surface area contributed by atoms with E-state index in [1.54, 1.807) is 10.9 Å². The first-order valence-electron chi connectivity index (χ1n) is 9.78. The first-order chi connectivity index (χ1) is 14.7. The lowest BCUT2D eigenvalue weighted by Gasteiger charge is -2.22. The molecule has 1 aromatic heterocycles. The number of rotatable bonds is 6. The molecule has 3 N–H and O–H groups in total. The normalized spacial score (nSPS) is 13.2. The summed E-state index contributed by atoms with van der Waals surface area (Å²) in [5, 5.41) is 18.8. The Morgan fingerprint density at radius 1 is 1.23 bits per heavy atom. The summed E-state index contributed by atoms with van der Waals surface area (Å²) < 4.78 is 7.03. The van der Waals surface area contributed by atoms with Gasteiger partial charge < -0.3 is 20.8 Å². The van der Waals surface area contributed by atoms with Gasteiger partial charge in [0.25, 0.3) is 5.43 Å². The van der Waals surface area contributed by atoms with Gasteiger partial charge in [-0.2, -0.15) is 5.10 Å². The third-order valence-corrected chi connectivity index (χ3v) is 4.96. The average molecular weight is 401 g/mol. The molecule has 1 aliphatic heterocycles. The second-order valence-corrected chi connectivity index (χ2v) is 6.90. The number of nitrogens with one attached hydrogen (secondary N) is 3. The Morgan fingerprint density at radius 3 is 2.83 bits per heavy atom. The summed E-state index contributed by atoms with van der Waals surface area (Å²) in [6, 6.07) is 15.5. The first-order valence-corrected chi connectivity index (χ1v) is 9.78. The quantitative estimate of drug-likeness (QED) is 0.548. The molecule has 0 spiro atoms. The summed E-state index contributed by atoms with van der Waals surface area (Å²) in [6.07, 6.45) is 6.31. The Kier molecular flexibility index (Phi) is 5.61. The molecular formula is C23H23N5O2. The van der Waals surface area contributed by atoms with Crippen LogP contribution < -0.4 is 20.8 Å². The maximum atomic E-state index is 13.0. The van der Waals surface area contributed by atoms with Crippen LogP contribution in [-0.4, -0.2) is 29.6 Å². The molecule has 0 atom stereocenters. The predicted octanol–water partition coefficient (Wildman–Crippen LogP) is 3.70. The lowest BCUT2D eigenvalue weighted by molar-refractivity contribution is 0.404. The van der Waals surface area contributed by atoms with E-state index >= 15 is 0 Å². The highest BCUT2D eigenvalue weighted by Crippen LogP contribution is 2.29. The summed E-state index contributed by atoms with van der Waals surface area (Å²) in [5.74, 6) is 0.180. The Hall–Kier alpha value is -3.87. The van der Waals surface area contributed by atoms with Crippen molar-refractivity contribution in [2.45, 2.75) is 12.8 Å². The van der Waals surface area contributed by atoms with Gasteiger partial charge >= 0.3 is 0 Å². The maximum Gasteiger partial charge on any atom is 0.251 e. The van der Waals surface area contributed by atoms with E-state index in [1.807, 2.05) is 42.5 Å². The lowest BCUT2D eigenvalue weighted by atomic mass is 10.0. The van der Waals surface area contributed by atoms with Gasteiger partial charge in [0.2, 0.25) is 0 Å². The van der Waals surface area contributed by atoms with Crippen molar-refractivity contribution in [2.75, 3.05) is 24.3 Å². The second kappa shape index (κ2) is 8.65. The van der Waals surface area contributed by atoms with Gasteiger partial charge in [-0.3, -0.25) is 4.79 Å². The number of aromatic nitrogens is 2. The molecule has 0 saturated carbocycles. The largest absolute Gasteiger partial charge is 0.491 e. The van der Waals surface area contributed by atoms with Crippen LogP contribution in [0.15, 0.2) is 65.6 Å². The molecule has 2 heterocycles. The zero-order valence-electron chi connectivity index (χ0n) is 16.7. The van der Waals surface area contributed by atoms with Crippen LogP contribution in [0.5, 0.6) is 5.75 Å². The van der Waals surface area contributed by atoms with Gasteiger partial charge in [-0.25, -0.2) is 4.68 Å². The number of benzene rings is 2. The topological polar surface area (TPSA) is 92.0 Å². The number of hydrogen-bond donors (Lipinski definition) is 3. The van der Waals surface area contributed by atoms with Crippen LogP contribution >= 0.6 is 0 Å². The fraction of sp³-hybridized carbons (Fsp3) is 0.174. The molecule has 7 heteroatoms. The highest BCUT2D eigenvalue weighted by atomic mass is 16.5. The molecule has 4 rings (SSSR count). The summed E-state index contributed by atoms with van der Waals surface area (Å²) in [7, 11) is 1.47. The second-order valence-electron chi connectivity index (χ2n) is 6.90. The molecule has 7 nitrogen and oxygen atoms in total. The number of anilines is 2. The highest BCUT2D eigenvalue weighted by molar-refractivity contribution is 5.87. The van der Waals surface area contributed by atoms with Crippen molar-refractivity contribution >= 4 is 23.3 Å². The van der Waals surface area contributed by atoms with E-state index in [1.165, 1.54) is 18.7 Å². The van der Waals surface area contributed by atoms with Crippen LogP contribution in [-0.2, 0) is 6.42 Å². The van der Waals surface area contributed by atoms with E-state index in [-0.39, 0.29) is 16.9 Å². The van der Waals surface area contributed by atoms with Gasteiger partial charge in [-0.15, -0.1) is 0 Å². The van der Waals surface area contributed by atoms with Crippen molar-refractivity contribution in [1.82, 2.24) is 9.78 Å². The van der Waals surface area contributed by atoms with E-state index in [0.29, 0.717) is 5.70 Å². The zero-order chi connectivity index (χ0) is 20.9. The van der Waals surface area contributed by atoms with Gasteiger partial charge in [-0.1, -0.05) is 30.3 Å². The van der Waals surface area contributed by atoms with Crippen molar-refractivity contribution in [3.05, 3.63) is 82.3 Å². The maximum absolute atomic E-state index is 13.0. The molecule has 0 aliphatic carbocycles. The van der Waals surface area contributed by atoms with Crippen LogP contribution in [0, 0.1) is 5.41 Å². The Bertz CT molecular complexity index is 1150. The average Bonchev–Trinajstić information content (AvgIpc) is 2.79. The van der Waals surface area contributed by atoms with Crippen molar-refractivity contribution in [1.29, 1.82) is 5.41 Å². The van der Waals surface area contributed by atoms with Crippen molar-refractivity contribution in [3.63, 3.8) is 0 Å². The van der Waals surface area contributed by atoms with Crippen LogP contribution in [0.25, 0.3) is 11.4 Å². The van der Waals surface area contributed by atoms with Crippen LogP contribution in [0.2, 0.25) is 0 Å². The summed E-state index contributed by atoms with van der Waals surface area (Å²) in [4.78, 5) is 13.0. The van der Waals surface area contributed by atoms with Crippen molar-refractivity contribution in [3.8, 4) is 11.4 Å². The molecule has 2 aromatic carbocycles. The van der Waals surface area contributed by atoms with Crippen LogP contribution in [0.3, 0.4) is 0 Å². The van der Waals surface area contributed by atoms with E-state index in [0.717, 1.165) is 42.7 Å². The minimum Gasteiger partial charge on any atom is -0.491 e. The van der Waals surface area contributed by atoms with Gasteiger partial charge in [0.1, 0.15) is 0 Å². The summed E-state index contributed by atoms with van der Waals surface area (Å²) >= 11 is 0. The molecule has 3 aromatic rings. The predicted molar refractivity (Wildman–Crippen MR) is 120 cm³/mol. The van der Waals surface area contributed by atoms with E-state index in [2.05, 4.69) is 21.8 Å². The lowest BCUT2D eigenvalue weighted by Crippen LogP contribution is -2.22. The molecule has 30 heavy (non-hydrogen) atoms. The number of para-hydroxylation sites is 2. The molecule has 0 radical (unpaired) electrons. The Balaban J connectivity index is 1.86. The SMILES string of the molecule is COc1cn(-c2cccc3c2NCCC3)nc(/C(=C/C=N)Nc2ccccc2)c1=O.